The molecule has 20 rings (SSSR count). The molecular weight excluding hydrogens is 1820 g/mol. The first-order valence-corrected chi connectivity index (χ1v) is 48.9. The van der Waals surface area contributed by atoms with Crippen molar-refractivity contribution in [2.45, 2.75) is 13.8 Å². The molecule has 4 aliphatic rings. The van der Waals surface area contributed by atoms with Crippen LogP contribution in [0.25, 0.3) is 88.8 Å². The van der Waals surface area contributed by atoms with E-state index in [1.54, 1.807) is 116 Å². The Morgan fingerprint density at radius 2 is 0.750 bits per heavy atom. The predicted molar refractivity (Wildman–Crippen MR) is 517 cm³/mol. The van der Waals surface area contributed by atoms with Gasteiger partial charge in [0, 0.05) is 103 Å². The molecule has 4 saturated heterocycles. The van der Waals surface area contributed by atoms with Gasteiger partial charge in [-0.15, -0.1) is 0 Å². The van der Waals surface area contributed by atoms with E-state index in [2.05, 4.69) is 51.2 Å². The number of fused-ring (bicyclic) bond motifs is 4. The Morgan fingerprint density at radius 1 is 0.331 bits per heavy atom. The van der Waals surface area contributed by atoms with Crippen molar-refractivity contribution in [1.29, 1.82) is 0 Å². The minimum atomic E-state index is -3.69. The summed E-state index contributed by atoms with van der Waals surface area (Å²) in [5.74, 6) is -5.12. The molecule has 0 radical (unpaired) electrons. The number of benzene rings is 9. The quantitative estimate of drug-likeness (QED) is 0.0698. The highest BCUT2D eigenvalue weighted by atomic mass is 32.2. The third kappa shape index (κ3) is 21.3. The van der Waals surface area contributed by atoms with Gasteiger partial charge < -0.3 is 40.2 Å². The van der Waals surface area contributed by atoms with E-state index in [-0.39, 0.29) is 85.6 Å². The van der Waals surface area contributed by atoms with Gasteiger partial charge in [-0.05, 0) is 231 Å². The number of hydrogen-bond acceptors (Lipinski definition) is 23. The first-order chi connectivity index (χ1) is 65.6. The molecule has 0 aliphatic carbocycles. The topological polar surface area (TPSA) is 393 Å². The standard InChI is InChI=1S/C26H23N3O4S.C25H22N4O4S.2C24H19FN4O4S/c1-18-6-10-21(16-23(18)25-13-9-19-4-2-3-5-24(19)28-25)27-26(30)20-7-11-22(12-8-20)29-14-15-33-17-34(29,31)32;1-17-4-7-19(15-22(17)24-21-3-2-11-26-23(21)10-12-27-24)28-25(30)18-5-8-20(9-6-18)29-13-14-33-16-34(29,31)32;25-20-14-18(29-11-12-33-15-34(29,31)32)6-7-19(20)24(30)27-17-4-1-3-16(13-17)21-8-9-22-23(28-21)5-2-10-26-22;25-21-13-19(29-10-11-33-15-34(29,31)32)5-6-20(21)24(30)27-18-3-1-2-16(12-18)22-7-4-17-14-26-9-8-23(17)28-22/h2-13,16H,14-15,17H2,1H3,(H,27,30);2-12,15H,13-14,16H2,1H3,(H,28,30);1-10,13-14H,11-12,15H2,(H,27,30);1-9,12-14H,10-11,15H2,(H,27,30). The van der Waals surface area contributed by atoms with Crippen molar-refractivity contribution in [1.82, 2.24) is 34.9 Å². The second-order valence-electron chi connectivity index (χ2n) is 31.4. The Morgan fingerprint density at radius 3 is 1.28 bits per heavy atom. The Balaban J connectivity index is 0.000000126. The van der Waals surface area contributed by atoms with Crippen LogP contribution >= 0.6 is 0 Å². The second-order valence-corrected chi connectivity index (χ2v) is 38.8. The molecule has 0 bridgehead atoms. The summed E-state index contributed by atoms with van der Waals surface area (Å²) >= 11 is 0. The molecule has 688 valence electrons. The van der Waals surface area contributed by atoms with Crippen molar-refractivity contribution in [3.05, 3.63) is 343 Å². The Hall–Kier alpha value is -15.4. The van der Waals surface area contributed by atoms with Gasteiger partial charge in [0.15, 0.2) is 23.8 Å². The van der Waals surface area contributed by atoms with Crippen molar-refractivity contribution in [2.24, 2.45) is 0 Å². The minimum absolute atomic E-state index is 0.0823. The number of sulfonamides is 4. The van der Waals surface area contributed by atoms with Crippen LogP contribution in [0.5, 0.6) is 0 Å². The zero-order valence-corrected chi connectivity index (χ0v) is 75.9. The van der Waals surface area contributed by atoms with Crippen LogP contribution in [-0.2, 0) is 59.0 Å². The van der Waals surface area contributed by atoms with Gasteiger partial charge in [-0.25, -0.2) is 57.4 Å². The fourth-order valence-electron chi connectivity index (χ4n) is 15.4. The molecule has 0 saturated carbocycles. The van der Waals surface area contributed by atoms with Gasteiger partial charge in [0.2, 0.25) is 0 Å². The summed E-state index contributed by atoms with van der Waals surface area (Å²) in [5.41, 5.74) is 16.6. The highest BCUT2D eigenvalue weighted by molar-refractivity contribution is 7.93. The van der Waals surface area contributed by atoms with E-state index < -0.39 is 75.4 Å². The summed E-state index contributed by atoms with van der Waals surface area (Å²) < 4.78 is 152. The molecule has 4 amide bonds. The van der Waals surface area contributed by atoms with Gasteiger partial charge in [-0.1, -0.05) is 60.7 Å². The molecule has 0 unspecified atom stereocenters. The number of amides is 4. The highest BCUT2D eigenvalue weighted by Crippen LogP contribution is 2.36. The van der Waals surface area contributed by atoms with Crippen molar-refractivity contribution in [2.75, 3.05) is 115 Å². The second kappa shape index (κ2) is 40.2. The summed E-state index contributed by atoms with van der Waals surface area (Å²) in [6.07, 6.45) is 8.58. The summed E-state index contributed by atoms with van der Waals surface area (Å²) in [7, 11) is -14.4. The maximum absolute atomic E-state index is 14.8. The molecule has 136 heavy (non-hydrogen) atoms. The number of halogens is 2. The minimum Gasteiger partial charge on any atom is -0.362 e. The largest absolute Gasteiger partial charge is 0.362 e. The zero-order chi connectivity index (χ0) is 94.8. The Labute approximate surface area is 780 Å². The summed E-state index contributed by atoms with van der Waals surface area (Å²) in [6, 6.07) is 76.7. The molecule has 31 nitrogen and oxygen atoms in total. The number of rotatable bonds is 16. The average Bonchev–Trinajstić information content (AvgIpc) is 0.818. The number of carbonyl (C=O) groups is 4. The van der Waals surface area contributed by atoms with Gasteiger partial charge in [-0.3, -0.25) is 56.3 Å². The Bertz CT molecular complexity index is 7580. The van der Waals surface area contributed by atoms with Crippen LogP contribution in [0, 0.1) is 25.5 Å². The van der Waals surface area contributed by atoms with Crippen molar-refractivity contribution in [3.8, 4) is 45.0 Å². The van der Waals surface area contributed by atoms with Crippen LogP contribution in [0.3, 0.4) is 0 Å². The van der Waals surface area contributed by atoms with E-state index in [1.165, 1.54) is 32.9 Å². The van der Waals surface area contributed by atoms with Crippen molar-refractivity contribution < 1.29 is 80.6 Å². The molecule has 4 aliphatic heterocycles. The fourth-order valence-corrected chi connectivity index (χ4v) is 20.4. The summed E-state index contributed by atoms with van der Waals surface area (Å²) in [4.78, 5) is 82.6. The van der Waals surface area contributed by atoms with Gasteiger partial charge in [0.1, 0.15) is 11.6 Å². The maximum Gasteiger partial charge on any atom is 0.259 e. The number of aryl methyl sites for hydroxylation is 2. The van der Waals surface area contributed by atoms with Crippen molar-refractivity contribution >= 4 is 153 Å². The van der Waals surface area contributed by atoms with E-state index in [0.29, 0.717) is 64.2 Å². The number of carbonyl (C=O) groups excluding carboxylic acids is 4. The molecule has 4 N–H and O–H groups in total. The van der Waals surface area contributed by atoms with Crippen molar-refractivity contribution in [3.63, 3.8) is 0 Å². The highest BCUT2D eigenvalue weighted by Gasteiger charge is 2.33. The smallest absolute Gasteiger partial charge is 0.259 e. The van der Waals surface area contributed by atoms with E-state index in [4.69, 9.17) is 23.9 Å². The lowest BCUT2D eigenvalue weighted by molar-refractivity contribution is 0.101. The first-order valence-electron chi connectivity index (χ1n) is 42.4. The number of nitrogens with one attached hydrogen (secondary N) is 4. The summed E-state index contributed by atoms with van der Waals surface area (Å²) in [5, 5.41) is 14.2. The molecule has 16 aromatic rings. The van der Waals surface area contributed by atoms with Crippen LogP contribution < -0.4 is 38.5 Å². The van der Waals surface area contributed by atoms with Gasteiger partial charge >= 0.3 is 0 Å². The summed E-state index contributed by atoms with van der Waals surface area (Å²) in [6.45, 7) is 5.76. The van der Waals surface area contributed by atoms with Gasteiger partial charge in [-0.2, -0.15) is 0 Å². The number of anilines is 8. The third-order valence-corrected chi connectivity index (χ3v) is 28.4. The SMILES string of the molecule is Cc1ccc(NC(=O)c2ccc(N3CCOCS3(=O)=O)cc2)cc1-c1ccc2ccccc2n1.Cc1ccc(NC(=O)c2ccc(N3CCOCS3(=O)=O)cc2)cc1-c1nccc2ncccc12.O=C(Nc1cccc(-c2ccc3cnccc3n2)c1)c1ccc(N2CCOCS2(=O)=O)cc1F.O=C(Nc1cccc(-c2ccc3ncccc3n2)c1)c1ccc(N2CCOCS2(=O)=O)cc1F. The van der Waals surface area contributed by atoms with E-state index in [9.17, 15) is 61.6 Å². The molecule has 9 aromatic carbocycles. The molecule has 4 fully saturated rings. The number of hydrogen-bond donors (Lipinski definition) is 4. The number of ether oxygens (including phenoxy) is 4. The number of para-hydroxylation sites is 1. The maximum atomic E-state index is 14.8. The zero-order valence-electron chi connectivity index (χ0n) is 72.6. The van der Waals surface area contributed by atoms with Crippen LogP contribution in [0.15, 0.2) is 298 Å². The molecule has 0 spiro atoms. The van der Waals surface area contributed by atoms with E-state index in [0.717, 1.165) is 115 Å². The van der Waals surface area contributed by atoms with E-state index >= 15 is 0 Å². The van der Waals surface area contributed by atoms with E-state index in [1.807, 2.05) is 159 Å². The first kappa shape index (κ1) is 92.5. The lowest BCUT2D eigenvalue weighted by Gasteiger charge is -2.28. The number of pyridine rings is 7. The molecule has 7 aromatic heterocycles. The number of nitrogens with zero attached hydrogens (tertiary/aromatic N) is 11. The van der Waals surface area contributed by atoms with Gasteiger partial charge in [0.25, 0.3) is 63.7 Å². The van der Waals surface area contributed by atoms with Gasteiger partial charge in [0.05, 0.1) is 137 Å². The molecule has 0 atom stereocenters. The molecule has 11 heterocycles. The molecule has 37 heteroatoms. The normalized spacial score (nSPS) is 15.3. The average molecular weight is 1910 g/mol. The number of aromatic nitrogens is 7. The van der Waals surface area contributed by atoms with Crippen LogP contribution in [0.1, 0.15) is 52.6 Å². The monoisotopic (exact) mass is 1900 g/mol. The lowest BCUT2D eigenvalue weighted by Crippen LogP contribution is -2.41. The van der Waals surface area contributed by atoms with Crippen LogP contribution in [0.2, 0.25) is 0 Å². The molecular formula is C99H83F2N15O16S4. The van der Waals surface area contributed by atoms with Crippen LogP contribution in [0.4, 0.5) is 54.3 Å². The fraction of sp³-hybridized carbons (Fsp3) is 0.141. The lowest BCUT2D eigenvalue weighted by atomic mass is 10.0. The van der Waals surface area contributed by atoms with Crippen LogP contribution in [-0.4, -0.2) is 169 Å². The Kier molecular flexibility index (Phi) is 27.4. The predicted octanol–water partition coefficient (Wildman–Crippen LogP) is 16.2. The third-order valence-electron chi connectivity index (χ3n) is 22.3.